The van der Waals surface area contributed by atoms with Crippen LogP contribution in [0.4, 0.5) is 10.1 Å². The van der Waals surface area contributed by atoms with Crippen LogP contribution in [0, 0.1) is 5.82 Å². The molecule has 21 heavy (non-hydrogen) atoms. The summed E-state index contributed by atoms with van der Waals surface area (Å²) in [7, 11) is 1.25. The molecule has 0 bridgehead atoms. The van der Waals surface area contributed by atoms with Crippen molar-refractivity contribution in [1.29, 1.82) is 0 Å². The number of rotatable bonds is 4. The lowest BCUT2D eigenvalue weighted by molar-refractivity contribution is -0.141. The van der Waals surface area contributed by atoms with E-state index in [0.717, 1.165) is 0 Å². The first-order valence-electron chi connectivity index (χ1n) is 6.06. The molecule has 110 valence electrons. The summed E-state index contributed by atoms with van der Waals surface area (Å²) in [5.74, 6) is -1.06. The largest absolute Gasteiger partial charge is 0.467 e. The average Bonchev–Trinajstić information content (AvgIpc) is 2.46. The number of hydrogen-bond donors (Lipinski definition) is 1. The van der Waals surface area contributed by atoms with Crippen molar-refractivity contribution in [1.82, 2.24) is 0 Å². The molecule has 0 amide bonds. The number of halogens is 3. The van der Waals surface area contributed by atoms with Gasteiger partial charge >= 0.3 is 5.97 Å². The Balaban J connectivity index is 2.40. The van der Waals surface area contributed by atoms with E-state index >= 15 is 0 Å². The van der Waals surface area contributed by atoms with E-state index in [2.05, 4.69) is 5.32 Å². The summed E-state index contributed by atoms with van der Waals surface area (Å²) in [4.78, 5) is 12.0. The van der Waals surface area contributed by atoms with Crippen molar-refractivity contribution in [2.45, 2.75) is 6.04 Å². The van der Waals surface area contributed by atoms with Gasteiger partial charge in [0.1, 0.15) is 5.82 Å². The zero-order valence-corrected chi connectivity index (χ0v) is 12.6. The number of methoxy groups -OCH3 is 1. The first-order chi connectivity index (χ1) is 10.0. The van der Waals surface area contributed by atoms with E-state index in [-0.39, 0.29) is 5.69 Å². The highest BCUT2D eigenvalue weighted by atomic mass is 35.5. The molecule has 0 heterocycles. The summed E-state index contributed by atoms with van der Waals surface area (Å²) in [5, 5.41) is 3.53. The van der Waals surface area contributed by atoms with Crippen LogP contribution < -0.4 is 5.32 Å². The minimum atomic E-state index is -0.934. The van der Waals surface area contributed by atoms with Gasteiger partial charge in [0.05, 0.1) is 12.8 Å². The summed E-state index contributed by atoms with van der Waals surface area (Å²) in [5.41, 5.74) is 0.634. The van der Waals surface area contributed by atoms with Gasteiger partial charge in [-0.15, -0.1) is 0 Å². The quantitative estimate of drug-likeness (QED) is 0.842. The minimum Gasteiger partial charge on any atom is -0.467 e. The highest BCUT2D eigenvalue weighted by Crippen LogP contribution is 2.30. The summed E-state index contributed by atoms with van der Waals surface area (Å²) >= 11 is 11.9. The third kappa shape index (κ3) is 3.65. The molecular formula is C15H12Cl2FNO2. The maximum absolute atomic E-state index is 13.7. The Hall–Kier alpha value is -1.78. The second-order valence-corrected chi connectivity index (χ2v) is 5.09. The number of benzene rings is 2. The first-order valence-corrected chi connectivity index (χ1v) is 6.82. The molecule has 0 radical (unpaired) electrons. The molecule has 1 N–H and O–H groups in total. The van der Waals surface area contributed by atoms with Crippen LogP contribution in [-0.4, -0.2) is 13.1 Å². The second-order valence-electron chi connectivity index (χ2n) is 4.25. The second kappa shape index (κ2) is 6.78. The van der Waals surface area contributed by atoms with Crippen LogP contribution in [0.15, 0.2) is 42.5 Å². The Labute approximate surface area is 131 Å². The van der Waals surface area contributed by atoms with E-state index in [1.807, 2.05) is 0 Å². The van der Waals surface area contributed by atoms with Crippen LogP contribution in [-0.2, 0) is 9.53 Å². The van der Waals surface area contributed by atoms with E-state index in [1.165, 1.54) is 25.3 Å². The Bertz CT molecular complexity index is 664. The fourth-order valence-corrected chi connectivity index (χ4v) is 2.37. The number of esters is 1. The van der Waals surface area contributed by atoms with Gasteiger partial charge in [0.15, 0.2) is 6.04 Å². The minimum absolute atomic E-state index is 0.180. The van der Waals surface area contributed by atoms with Gasteiger partial charge in [0, 0.05) is 15.6 Å². The van der Waals surface area contributed by atoms with Crippen molar-refractivity contribution in [3.05, 3.63) is 63.9 Å². The zero-order valence-electron chi connectivity index (χ0n) is 11.1. The highest BCUT2D eigenvalue weighted by Gasteiger charge is 2.24. The van der Waals surface area contributed by atoms with Gasteiger partial charge in [-0.05, 0) is 24.3 Å². The molecule has 0 spiro atoms. The molecular weight excluding hydrogens is 316 g/mol. The van der Waals surface area contributed by atoms with Gasteiger partial charge < -0.3 is 10.1 Å². The number of para-hydroxylation sites is 1. The van der Waals surface area contributed by atoms with Gasteiger partial charge in [0.25, 0.3) is 0 Å². The topological polar surface area (TPSA) is 38.3 Å². The number of ether oxygens (including phenoxy) is 1. The smallest absolute Gasteiger partial charge is 0.333 e. The molecule has 1 atom stereocenters. The number of carbonyl (C=O) groups is 1. The molecule has 0 aromatic heterocycles. The maximum atomic E-state index is 13.7. The molecule has 2 aromatic rings. The molecule has 2 rings (SSSR count). The Morgan fingerprint density at radius 2 is 1.95 bits per heavy atom. The molecule has 6 heteroatoms. The van der Waals surface area contributed by atoms with Gasteiger partial charge in [-0.25, -0.2) is 9.18 Å². The lowest BCUT2D eigenvalue weighted by atomic mass is 10.1. The van der Waals surface area contributed by atoms with Crippen molar-refractivity contribution < 1.29 is 13.9 Å². The van der Waals surface area contributed by atoms with Crippen molar-refractivity contribution in [2.75, 3.05) is 12.4 Å². The maximum Gasteiger partial charge on any atom is 0.333 e. The Morgan fingerprint density at radius 3 is 2.57 bits per heavy atom. The average molecular weight is 328 g/mol. The molecule has 0 saturated heterocycles. The molecule has 0 saturated carbocycles. The summed E-state index contributed by atoms with van der Waals surface area (Å²) in [6, 6.07) is 9.80. The van der Waals surface area contributed by atoms with Crippen molar-refractivity contribution in [2.24, 2.45) is 0 Å². The number of nitrogens with one attached hydrogen (secondary N) is 1. The van der Waals surface area contributed by atoms with E-state index in [1.54, 1.807) is 24.3 Å². The molecule has 1 unspecified atom stereocenters. The van der Waals surface area contributed by atoms with Crippen molar-refractivity contribution >= 4 is 34.9 Å². The highest BCUT2D eigenvalue weighted by molar-refractivity contribution is 6.35. The van der Waals surface area contributed by atoms with E-state index < -0.39 is 17.8 Å². The van der Waals surface area contributed by atoms with Crippen LogP contribution in [0.3, 0.4) is 0 Å². The van der Waals surface area contributed by atoms with Gasteiger partial charge in [-0.2, -0.15) is 0 Å². The van der Waals surface area contributed by atoms with Gasteiger partial charge in [0.2, 0.25) is 0 Å². The van der Waals surface area contributed by atoms with E-state index in [0.29, 0.717) is 15.6 Å². The van der Waals surface area contributed by atoms with Crippen molar-refractivity contribution in [3.63, 3.8) is 0 Å². The number of anilines is 1. The molecule has 0 fully saturated rings. The third-order valence-corrected chi connectivity index (χ3v) is 3.45. The predicted molar refractivity (Wildman–Crippen MR) is 81.2 cm³/mol. The normalized spacial score (nSPS) is 11.8. The van der Waals surface area contributed by atoms with Crippen LogP contribution >= 0.6 is 23.2 Å². The molecule has 3 nitrogen and oxygen atoms in total. The number of carbonyl (C=O) groups excluding carboxylic acids is 1. The number of hydrogen-bond acceptors (Lipinski definition) is 3. The monoisotopic (exact) mass is 327 g/mol. The molecule has 0 aliphatic carbocycles. The van der Waals surface area contributed by atoms with E-state index in [9.17, 15) is 9.18 Å². The molecule has 2 aromatic carbocycles. The van der Waals surface area contributed by atoms with Crippen LogP contribution in [0.25, 0.3) is 0 Å². The SMILES string of the molecule is COC(=O)C(Nc1ccccc1F)c1ccc(Cl)cc1Cl. The van der Waals surface area contributed by atoms with Crippen molar-refractivity contribution in [3.8, 4) is 0 Å². The Morgan fingerprint density at radius 1 is 1.24 bits per heavy atom. The Kier molecular flexibility index (Phi) is 5.04. The molecule has 0 aliphatic heterocycles. The van der Waals surface area contributed by atoms with Crippen LogP contribution in [0.5, 0.6) is 0 Å². The lowest BCUT2D eigenvalue weighted by Crippen LogP contribution is -2.23. The predicted octanol–water partition coefficient (Wildman–Crippen LogP) is 4.46. The fourth-order valence-electron chi connectivity index (χ4n) is 1.85. The van der Waals surface area contributed by atoms with Gasteiger partial charge in [-0.1, -0.05) is 41.4 Å². The van der Waals surface area contributed by atoms with Gasteiger partial charge in [-0.3, -0.25) is 0 Å². The fraction of sp³-hybridized carbons (Fsp3) is 0.133. The lowest BCUT2D eigenvalue weighted by Gasteiger charge is -2.19. The summed E-state index contributed by atoms with van der Waals surface area (Å²) in [6.07, 6.45) is 0. The molecule has 0 aliphatic rings. The standard InChI is InChI=1S/C15H12Cl2FNO2/c1-21-15(20)14(10-7-6-9(16)8-11(10)17)19-13-5-3-2-4-12(13)18/h2-8,14,19H,1H3. The first kappa shape index (κ1) is 15.6. The third-order valence-electron chi connectivity index (χ3n) is 2.88. The van der Waals surface area contributed by atoms with E-state index in [4.69, 9.17) is 27.9 Å². The van der Waals surface area contributed by atoms with Crippen LogP contribution in [0.2, 0.25) is 10.0 Å². The summed E-state index contributed by atoms with van der Waals surface area (Å²) in [6.45, 7) is 0. The zero-order chi connectivity index (χ0) is 15.4. The summed E-state index contributed by atoms with van der Waals surface area (Å²) < 4.78 is 18.5. The van der Waals surface area contributed by atoms with Crippen LogP contribution in [0.1, 0.15) is 11.6 Å².